The Morgan fingerprint density at radius 2 is 1.82 bits per heavy atom. The summed E-state index contributed by atoms with van der Waals surface area (Å²) in [5.41, 5.74) is 3.20. The lowest BCUT2D eigenvalue weighted by Crippen LogP contribution is -2.37. The van der Waals surface area contributed by atoms with E-state index in [-0.39, 0.29) is 11.6 Å². The summed E-state index contributed by atoms with van der Waals surface area (Å²) in [6.07, 6.45) is 3.43. The number of aryl methyl sites for hydroxylation is 2. The van der Waals surface area contributed by atoms with E-state index in [9.17, 15) is 4.39 Å². The molecule has 0 spiro atoms. The van der Waals surface area contributed by atoms with Crippen LogP contribution < -0.4 is 10.2 Å². The van der Waals surface area contributed by atoms with Crippen molar-refractivity contribution < 1.29 is 8.78 Å². The van der Waals surface area contributed by atoms with Gasteiger partial charge in [-0.15, -0.1) is 0 Å². The molecule has 3 aromatic heterocycles. The van der Waals surface area contributed by atoms with Gasteiger partial charge in [0.15, 0.2) is 11.6 Å². The summed E-state index contributed by atoms with van der Waals surface area (Å²) < 4.78 is 32.0. The van der Waals surface area contributed by atoms with E-state index < -0.39 is 11.6 Å². The fourth-order valence-corrected chi connectivity index (χ4v) is 5.17. The van der Waals surface area contributed by atoms with Gasteiger partial charge in [0.25, 0.3) is 0 Å². The zero-order chi connectivity index (χ0) is 28.6. The van der Waals surface area contributed by atoms with Crippen molar-refractivity contribution in [1.29, 1.82) is 0 Å². The van der Waals surface area contributed by atoms with Crippen molar-refractivity contribution in [3.8, 4) is 11.3 Å². The van der Waals surface area contributed by atoms with E-state index >= 15 is 4.39 Å². The van der Waals surface area contributed by atoms with Crippen molar-refractivity contribution in [3.63, 3.8) is 0 Å². The molecule has 1 aliphatic rings. The highest BCUT2D eigenvalue weighted by atomic mass is 19.1. The molecular weight excluding hydrogens is 510 g/mol. The molecule has 1 aromatic carbocycles. The SMILES string of the molecule is CCN(CCN(C)c1ccc(Nc2ncc(F)c(-c3cc(F)c4nc(C)n(CC5CC5)c4c3)n2)nc1C)C(C)C. The van der Waals surface area contributed by atoms with E-state index in [1.54, 1.807) is 6.07 Å². The van der Waals surface area contributed by atoms with E-state index in [2.05, 4.69) is 62.9 Å². The minimum Gasteiger partial charge on any atom is -0.372 e. The first kappa shape index (κ1) is 27.9. The summed E-state index contributed by atoms with van der Waals surface area (Å²) >= 11 is 0. The van der Waals surface area contributed by atoms with Crippen molar-refractivity contribution >= 4 is 28.5 Å². The topological polar surface area (TPSA) is 75.0 Å². The van der Waals surface area contributed by atoms with Gasteiger partial charge in [0.1, 0.15) is 22.9 Å². The molecule has 4 aromatic rings. The zero-order valence-electron chi connectivity index (χ0n) is 24.2. The quantitative estimate of drug-likeness (QED) is 0.243. The van der Waals surface area contributed by atoms with Crippen LogP contribution in [0.1, 0.15) is 45.1 Å². The first-order valence-corrected chi connectivity index (χ1v) is 14.0. The Labute approximate surface area is 234 Å². The molecule has 3 heterocycles. The lowest BCUT2D eigenvalue weighted by molar-refractivity contribution is 0.239. The summed E-state index contributed by atoms with van der Waals surface area (Å²) in [4.78, 5) is 22.2. The number of rotatable bonds is 11. The number of benzene rings is 1. The number of nitrogens with one attached hydrogen (secondary N) is 1. The van der Waals surface area contributed by atoms with Crippen LogP contribution in [0.5, 0.6) is 0 Å². The molecule has 0 aliphatic heterocycles. The van der Waals surface area contributed by atoms with E-state index in [4.69, 9.17) is 0 Å². The maximum absolute atomic E-state index is 15.1. The highest BCUT2D eigenvalue weighted by Crippen LogP contribution is 2.34. The molecule has 8 nitrogen and oxygen atoms in total. The van der Waals surface area contributed by atoms with Gasteiger partial charge in [-0.3, -0.25) is 4.90 Å². The Bertz CT molecular complexity index is 1510. The van der Waals surface area contributed by atoms with E-state index in [0.29, 0.717) is 34.4 Å². The van der Waals surface area contributed by atoms with Crippen LogP contribution in [0.3, 0.4) is 0 Å². The van der Waals surface area contributed by atoms with Crippen LogP contribution in [0.4, 0.5) is 26.2 Å². The van der Waals surface area contributed by atoms with Gasteiger partial charge < -0.3 is 14.8 Å². The average molecular weight is 549 g/mol. The van der Waals surface area contributed by atoms with Gasteiger partial charge in [0, 0.05) is 38.3 Å². The average Bonchev–Trinajstić information content (AvgIpc) is 3.68. The van der Waals surface area contributed by atoms with E-state index in [1.807, 2.05) is 30.5 Å². The Kier molecular flexibility index (Phi) is 7.98. The van der Waals surface area contributed by atoms with E-state index in [1.165, 1.54) is 6.07 Å². The summed E-state index contributed by atoms with van der Waals surface area (Å²) in [6.45, 7) is 14.1. The van der Waals surface area contributed by atoms with Crippen molar-refractivity contribution in [1.82, 2.24) is 29.4 Å². The van der Waals surface area contributed by atoms with Crippen LogP contribution in [0.15, 0.2) is 30.5 Å². The molecule has 212 valence electrons. The van der Waals surface area contributed by atoms with Crippen LogP contribution in [-0.4, -0.2) is 62.1 Å². The molecular formula is C30H38F2N8. The molecule has 0 atom stereocenters. The summed E-state index contributed by atoms with van der Waals surface area (Å²) in [7, 11) is 2.06. The second-order valence-corrected chi connectivity index (χ2v) is 11.0. The number of anilines is 3. The monoisotopic (exact) mass is 548 g/mol. The largest absolute Gasteiger partial charge is 0.372 e. The van der Waals surface area contributed by atoms with Crippen molar-refractivity contribution in [2.45, 2.75) is 60.0 Å². The maximum atomic E-state index is 15.1. The standard InChI is InChI=1S/C30H38F2N8/c1-7-39(18(2)3)13-12-38(6)25-10-11-27(34-19(25)4)36-30-33-16-24(32)28(37-30)22-14-23(31)29-26(15-22)40(20(5)35-29)17-21-8-9-21/h10-11,14-16,18,21H,7-9,12-13,17H2,1-6H3,(H,33,34,36,37). The van der Waals surface area contributed by atoms with Crippen LogP contribution in [-0.2, 0) is 6.54 Å². The number of halogens is 2. The molecule has 1 aliphatic carbocycles. The number of aromatic nitrogens is 5. The molecule has 5 rings (SSSR count). The molecule has 0 bridgehead atoms. The summed E-state index contributed by atoms with van der Waals surface area (Å²) in [6, 6.07) is 7.42. The van der Waals surface area contributed by atoms with Crippen molar-refractivity contribution in [3.05, 3.63) is 53.6 Å². The smallest absolute Gasteiger partial charge is 0.229 e. The number of imidazole rings is 1. The van der Waals surface area contributed by atoms with Gasteiger partial charge in [0.2, 0.25) is 5.95 Å². The molecule has 0 radical (unpaired) electrons. The number of hydrogen-bond donors (Lipinski definition) is 1. The normalized spacial score (nSPS) is 13.6. The Morgan fingerprint density at radius 3 is 2.50 bits per heavy atom. The van der Waals surface area contributed by atoms with Gasteiger partial charge in [0.05, 0.1) is 23.1 Å². The highest BCUT2D eigenvalue weighted by molar-refractivity contribution is 5.83. The Hall–Kier alpha value is -3.66. The van der Waals surface area contributed by atoms with Gasteiger partial charge in [-0.05, 0) is 77.3 Å². The third-order valence-corrected chi connectivity index (χ3v) is 7.72. The molecule has 1 saturated carbocycles. The Morgan fingerprint density at radius 1 is 1.05 bits per heavy atom. The minimum absolute atomic E-state index is 0.0221. The first-order valence-electron chi connectivity index (χ1n) is 14.0. The fourth-order valence-electron chi connectivity index (χ4n) is 5.17. The number of fused-ring (bicyclic) bond motifs is 1. The van der Waals surface area contributed by atoms with Gasteiger partial charge in [-0.25, -0.2) is 28.7 Å². The first-order chi connectivity index (χ1) is 19.1. The van der Waals surface area contributed by atoms with Gasteiger partial charge in [-0.1, -0.05) is 6.92 Å². The van der Waals surface area contributed by atoms with Crippen molar-refractivity contribution in [2.75, 3.05) is 36.9 Å². The van der Waals surface area contributed by atoms with Crippen LogP contribution in [0.2, 0.25) is 0 Å². The third kappa shape index (κ3) is 5.91. The summed E-state index contributed by atoms with van der Waals surface area (Å²) in [5.74, 6) is 0.944. The Balaban J connectivity index is 1.37. The predicted octanol–water partition coefficient (Wildman–Crippen LogP) is 6.10. The van der Waals surface area contributed by atoms with E-state index in [0.717, 1.165) is 62.4 Å². The summed E-state index contributed by atoms with van der Waals surface area (Å²) in [5, 5.41) is 3.09. The van der Waals surface area contributed by atoms with Crippen LogP contribution in [0.25, 0.3) is 22.3 Å². The molecule has 1 N–H and O–H groups in total. The molecule has 40 heavy (non-hydrogen) atoms. The molecule has 1 fully saturated rings. The number of pyridine rings is 1. The second kappa shape index (κ2) is 11.4. The predicted molar refractivity (Wildman–Crippen MR) is 156 cm³/mol. The minimum atomic E-state index is -0.627. The molecule has 0 amide bonds. The number of nitrogens with zero attached hydrogens (tertiary/aromatic N) is 7. The number of hydrogen-bond acceptors (Lipinski definition) is 7. The van der Waals surface area contributed by atoms with Crippen molar-refractivity contribution in [2.24, 2.45) is 5.92 Å². The molecule has 0 saturated heterocycles. The highest BCUT2D eigenvalue weighted by Gasteiger charge is 2.25. The zero-order valence-corrected chi connectivity index (χ0v) is 24.2. The molecule has 0 unspecified atom stereocenters. The van der Waals surface area contributed by atoms with Crippen LogP contribution in [0, 0.1) is 31.4 Å². The molecule has 10 heteroatoms. The van der Waals surface area contributed by atoms with Gasteiger partial charge in [-0.2, -0.15) is 0 Å². The lowest BCUT2D eigenvalue weighted by Gasteiger charge is -2.29. The fraction of sp³-hybridized carbons (Fsp3) is 0.467. The lowest BCUT2D eigenvalue weighted by atomic mass is 10.1. The third-order valence-electron chi connectivity index (χ3n) is 7.72. The number of likely N-dealkylation sites (N-methyl/N-ethyl adjacent to an activating group) is 2. The van der Waals surface area contributed by atoms with Crippen LogP contribution >= 0.6 is 0 Å². The van der Waals surface area contributed by atoms with Gasteiger partial charge >= 0.3 is 0 Å². The maximum Gasteiger partial charge on any atom is 0.229 e. The second-order valence-electron chi connectivity index (χ2n) is 11.0.